The van der Waals surface area contributed by atoms with E-state index in [1.54, 1.807) is 19.1 Å². The molecule has 1 aromatic heterocycles. The van der Waals surface area contributed by atoms with Crippen LogP contribution >= 0.6 is 0 Å². The number of nitrogens with one attached hydrogen (secondary N) is 1. The number of aryl methyl sites for hydroxylation is 2. The lowest BCUT2D eigenvalue weighted by molar-refractivity contribution is 0.0955. The molecule has 6 heteroatoms. The van der Waals surface area contributed by atoms with Crippen molar-refractivity contribution in [1.29, 1.82) is 0 Å². The Bertz CT molecular complexity index is 789. The number of benzene rings is 1. The quantitative estimate of drug-likeness (QED) is 0.671. The van der Waals surface area contributed by atoms with Gasteiger partial charge >= 0.3 is 5.63 Å². The number of aromatic hydroxyl groups is 1. The van der Waals surface area contributed by atoms with Crippen LogP contribution in [0.5, 0.6) is 5.75 Å². The number of nitrogens with zero attached hydrogens (tertiary/aromatic N) is 1. The lowest BCUT2D eigenvalue weighted by Gasteiger charge is -2.04. The molecule has 2 aromatic rings. The largest absolute Gasteiger partial charge is 0.507 e. The first-order valence-electron chi connectivity index (χ1n) is 6.64. The van der Waals surface area contributed by atoms with E-state index in [0.717, 1.165) is 5.56 Å². The van der Waals surface area contributed by atoms with Crippen molar-refractivity contribution in [3.8, 4) is 5.75 Å². The van der Waals surface area contributed by atoms with E-state index in [2.05, 4.69) is 10.5 Å². The van der Waals surface area contributed by atoms with Crippen LogP contribution in [0.2, 0.25) is 0 Å². The van der Waals surface area contributed by atoms with E-state index in [4.69, 9.17) is 4.42 Å². The van der Waals surface area contributed by atoms with Crippen LogP contribution in [0.15, 0.2) is 44.6 Å². The molecule has 0 spiro atoms. The summed E-state index contributed by atoms with van der Waals surface area (Å²) in [6, 6.07) is 8.29. The first-order chi connectivity index (χ1) is 10.4. The maximum Gasteiger partial charge on any atom is 0.348 e. The van der Waals surface area contributed by atoms with Crippen LogP contribution < -0.4 is 11.1 Å². The van der Waals surface area contributed by atoms with E-state index in [1.807, 2.05) is 19.1 Å². The maximum absolute atomic E-state index is 11.9. The monoisotopic (exact) mass is 300 g/mol. The molecule has 0 saturated heterocycles. The van der Waals surface area contributed by atoms with E-state index < -0.39 is 11.5 Å². The second-order valence-electron chi connectivity index (χ2n) is 4.91. The Morgan fingerprint density at radius 2 is 1.86 bits per heavy atom. The number of hydrogen-bond acceptors (Lipinski definition) is 5. The van der Waals surface area contributed by atoms with Gasteiger partial charge in [0.15, 0.2) is 0 Å². The second kappa shape index (κ2) is 6.26. The molecule has 0 radical (unpaired) electrons. The van der Waals surface area contributed by atoms with Gasteiger partial charge in [-0.3, -0.25) is 4.79 Å². The highest BCUT2D eigenvalue weighted by Crippen LogP contribution is 2.15. The molecule has 0 unspecified atom stereocenters. The molecule has 0 fully saturated rings. The zero-order chi connectivity index (χ0) is 16.3. The molecule has 22 heavy (non-hydrogen) atoms. The van der Waals surface area contributed by atoms with Gasteiger partial charge in [0.25, 0.3) is 5.91 Å². The molecular formula is C16H16N2O4. The van der Waals surface area contributed by atoms with Crippen LogP contribution in [-0.4, -0.2) is 16.7 Å². The summed E-state index contributed by atoms with van der Waals surface area (Å²) in [5.41, 5.74) is 3.21. The van der Waals surface area contributed by atoms with Crippen LogP contribution in [0.3, 0.4) is 0 Å². The fraction of sp³-hybridized carbons (Fsp3) is 0.188. The van der Waals surface area contributed by atoms with Crippen LogP contribution in [-0.2, 0) is 0 Å². The van der Waals surface area contributed by atoms with E-state index >= 15 is 0 Å². The Morgan fingerprint density at radius 3 is 2.45 bits per heavy atom. The first kappa shape index (κ1) is 15.5. The molecule has 1 amide bonds. The van der Waals surface area contributed by atoms with E-state index in [1.165, 1.54) is 13.0 Å². The van der Waals surface area contributed by atoms with Crippen molar-refractivity contribution in [2.75, 3.05) is 0 Å². The summed E-state index contributed by atoms with van der Waals surface area (Å²) in [6.45, 7) is 4.97. The highest BCUT2D eigenvalue weighted by molar-refractivity contribution is 6.02. The summed E-state index contributed by atoms with van der Waals surface area (Å²) in [5, 5.41) is 13.6. The molecule has 0 saturated carbocycles. The molecule has 2 N–H and O–H groups in total. The standard InChI is InChI=1S/C16H16N2O4/c1-9-4-6-12(7-5-9)15(20)18-17-11(3)14-13(19)8-10(2)22-16(14)21/h4-8,19H,1-3H3,(H,18,20). The van der Waals surface area contributed by atoms with Gasteiger partial charge in [0.2, 0.25) is 0 Å². The number of hydrazone groups is 1. The summed E-state index contributed by atoms with van der Waals surface area (Å²) >= 11 is 0. The lowest BCUT2D eigenvalue weighted by Crippen LogP contribution is -2.21. The third kappa shape index (κ3) is 3.41. The molecule has 1 heterocycles. The van der Waals surface area contributed by atoms with E-state index in [-0.39, 0.29) is 17.0 Å². The van der Waals surface area contributed by atoms with Gasteiger partial charge in [-0.2, -0.15) is 5.10 Å². The van der Waals surface area contributed by atoms with Crippen molar-refractivity contribution in [2.24, 2.45) is 5.10 Å². The minimum absolute atomic E-state index is 0.0743. The first-order valence-corrected chi connectivity index (χ1v) is 6.64. The van der Waals surface area contributed by atoms with Gasteiger partial charge < -0.3 is 9.52 Å². The Balaban J connectivity index is 2.22. The van der Waals surface area contributed by atoms with Crippen molar-refractivity contribution in [2.45, 2.75) is 20.8 Å². The smallest absolute Gasteiger partial charge is 0.348 e. The minimum Gasteiger partial charge on any atom is -0.507 e. The van der Waals surface area contributed by atoms with Crippen molar-refractivity contribution in [3.05, 3.63) is 63.2 Å². The molecule has 6 nitrogen and oxygen atoms in total. The van der Waals surface area contributed by atoms with Gasteiger partial charge in [-0.25, -0.2) is 10.2 Å². The van der Waals surface area contributed by atoms with Crippen LogP contribution in [0.25, 0.3) is 0 Å². The van der Waals surface area contributed by atoms with Crippen molar-refractivity contribution in [1.82, 2.24) is 5.43 Å². The number of hydrogen-bond donors (Lipinski definition) is 2. The summed E-state index contributed by atoms with van der Waals surface area (Å²) in [7, 11) is 0. The molecule has 2 rings (SSSR count). The number of carbonyl (C=O) groups is 1. The van der Waals surface area contributed by atoms with E-state index in [9.17, 15) is 14.7 Å². The van der Waals surface area contributed by atoms with Gasteiger partial charge in [0, 0.05) is 11.6 Å². The summed E-state index contributed by atoms with van der Waals surface area (Å²) in [5.74, 6) is -0.349. The molecule has 0 bridgehead atoms. The van der Waals surface area contributed by atoms with E-state index in [0.29, 0.717) is 11.3 Å². The fourth-order valence-electron chi connectivity index (χ4n) is 1.89. The normalized spacial score (nSPS) is 11.3. The SMILES string of the molecule is CC(=NNC(=O)c1ccc(C)cc1)c1c(O)cc(C)oc1=O. The summed E-state index contributed by atoms with van der Waals surface area (Å²) in [4.78, 5) is 23.7. The van der Waals surface area contributed by atoms with Crippen molar-refractivity contribution in [3.63, 3.8) is 0 Å². The topological polar surface area (TPSA) is 91.9 Å². The Hall–Kier alpha value is -2.89. The predicted octanol–water partition coefficient (Wildman–Crippen LogP) is 2.12. The average molecular weight is 300 g/mol. The predicted molar refractivity (Wildman–Crippen MR) is 82.2 cm³/mol. The average Bonchev–Trinajstić information content (AvgIpc) is 2.44. The third-order valence-corrected chi connectivity index (χ3v) is 3.05. The minimum atomic E-state index is -0.705. The van der Waals surface area contributed by atoms with Crippen LogP contribution in [0, 0.1) is 13.8 Å². The zero-order valence-corrected chi connectivity index (χ0v) is 12.5. The molecule has 0 atom stereocenters. The second-order valence-corrected chi connectivity index (χ2v) is 4.91. The number of carbonyl (C=O) groups excluding carboxylic acids is 1. The van der Waals surface area contributed by atoms with Gasteiger partial charge in [-0.05, 0) is 32.9 Å². The summed E-state index contributed by atoms with van der Waals surface area (Å²) < 4.78 is 4.91. The maximum atomic E-state index is 11.9. The lowest BCUT2D eigenvalue weighted by atomic mass is 10.1. The van der Waals surface area contributed by atoms with Gasteiger partial charge in [0.05, 0.1) is 5.71 Å². The molecule has 0 aliphatic heterocycles. The third-order valence-electron chi connectivity index (χ3n) is 3.05. The highest BCUT2D eigenvalue weighted by Gasteiger charge is 2.13. The molecular weight excluding hydrogens is 284 g/mol. The molecule has 0 aliphatic rings. The van der Waals surface area contributed by atoms with Gasteiger partial charge in [0.1, 0.15) is 17.1 Å². The van der Waals surface area contributed by atoms with Crippen LogP contribution in [0.1, 0.15) is 34.2 Å². The Kier molecular flexibility index (Phi) is 4.41. The zero-order valence-electron chi connectivity index (χ0n) is 12.5. The van der Waals surface area contributed by atoms with Gasteiger partial charge in [-0.1, -0.05) is 17.7 Å². The van der Waals surface area contributed by atoms with Crippen molar-refractivity contribution < 1.29 is 14.3 Å². The molecule has 1 aromatic carbocycles. The van der Waals surface area contributed by atoms with Gasteiger partial charge in [-0.15, -0.1) is 0 Å². The molecule has 114 valence electrons. The van der Waals surface area contributed by atoms with Crippen LogP contribution in [0.4, 0.5) is 0 Å². The molecule has 0 aliphatic carbocycles. The highest BCUT2D eigenvalue weighted by atomic mass is 16.4. The van der Waals surface area contributed by atoms with Crippen molar-refractivity contribution >= 4 is 11.6 Å². The fourth-order valence-corrected chi connectivity index (χ4v) is 1.89. The number of amides is 1. The number of rotatable bonds is 3. The Labute approximate surface area is 127 Å². The summed E-state index contributed by atoms with van der Waals surface area (Å²) in [6.07, 6.45) is 0. The Morgan fingerprint density at radius 1 is 1.23 bits per heavy atom.